The molecule has 0 bridgehead atoms. The van der Waals surface area contributed by atoms with Gasteiger partial charge in [-0.25, -0.2) is 4.79 Å². The van der Waals surface area contributed by atoms with Gasteiger partial charge in [0.15, 0.2) is 0 Å². The van der Waals surface area contributed by atoms with Gasteiger partial charge in [0.25, 0.3) is 0 Å². The lowest BCUT2D eigenvalue weighted by Gasteiger charge is -2.03. The third-order valence-electron chi connectivity index (χ3n) is 1.70. The number of carbonyl (C=O) groups is 1. The third-order valence-corrected chi connectivity index (χ3v) is 2.15. The summed E-state index contributed by atoms with van der Waals surface area (Å²) in [6, 6.07) is 5.05. The molecule has 0 fully saturated rings. The van der Waals surface area contributed by atoms with Gasteiger partial charge < -0.3 is 4.74 Å². The third kappa shape index (κ3) is 3.27. The van der Waals surface area contributed by atoms with Crippen molar-refractivity contribution in [1.29, 1.82) is 0 Å². The van der Waals surface area contributed by atoms with E-state index >= 15 is 0 Å². The number of hydrogen-bond donors (Lipinski definition) is 0. The molecule has 5 nitrogen and oxygen atoms in total. The Morgan fingerprint density at radius 2 is 2.33 bits per heavy atom. The fourth-order valence-electron chi connectivity index (χ4n) is 1.09. The van der Waals surface area contributed by atoms with Crippen molar-refractivity contribution in [3.63, 3.8) is 0 Å². The van der Waals surface area contributed by atoms with E-state index in [1.807, 2.05) is 0 Å². The number of halogens is 1. The highest BCUT2D eigenvalue weighted by molar-refractivity contribution is 9.10. The monoisotopic (exact) mass is 269 g/mol. The van der Waals surface area contributed by atoms with Crippen molar-refractivity contribution < 1.29 is 9.53 Å². The molecule has 0 aliphatic carbocycles. The molecule has 0 heterocycles. The Hall–Kier alpha value is -1.52. The van der Waals surface area contributed by atoms with Crippen molar-refractivity contribution in [3.8, 4) is 0 Å². The SMILES string of the molecule is COC(=O)c1cc(Br)cc(CN=[N+]=[N-])c1. The maximum Gasteiger partial charge on any atom is 0.337 e. The predicted molar refractivity (Wildman–Crippen MR) is 58.3 cm³/mol. The molecule has 6 heteroatoms. The molecular formula is C9H8BrN3O2. The molecule has 0 N–H and O–H groups in total. The highest BCUT2D eigenvalue weighted by Gasteiger charge is 2.07. The van der Waals surface area contributed by atoms with Crippen LogP contribution in [0.1, 0.15) is 15.9 Å². The van der Waals surface area contributed by atoms with Crippen LogP contribution in [-0.2, 0) is 11.3 Å². The number of carbonyl (C=O) groups excluding carboxylic acids is 1. The second kappa shape index (κ2) is 5.38. The lowest BCUT2D eigenvalue weighted by atomic mass is 10.1. The predicted octanol–water partition coefficient (Wildman–Crippen LogP) is 3.05. The first-order valence-corrected chi connectivity index (χ1v) is 4.85. The summed E-state index contributed by atoms with van der Waals surface area (Å²) in [5.74, 6) is -0.418. The Morgan fingerprint density at radius 1 is 1.60 bits per heavy atom. The van der Waals surface area contributed by atoms with Gasteiger partial charge in [-0.05, 0) is 29.3 Å². The van der Waals surface area contributed by atoms with Gasteiger partial charge in [-0.2, -0.15) is 0 Å². The summed E-state index contributed by atoms with van der Waals surface area (Å²) in [6.45, 7) is 0.208. The van der Waals surface area contributed by atoms with Gasteiger partial charge in [0, 0.05) is 9.38 Å². The van der Waals surface area contributed by atoms with E-state index in [0.29, 0.717) is 5.56 Å². The van der Waals surface area contributed by atoms with Crippen LogP contribution in [0, 0.1) is 0 Å². The van der Waals surface area contributed by atoms with E-state index in [1.165, 1.54) is 7.11 Å². The van der Waals surface area contributed by atoms with Crippen molar-refractivity contribution in [2.24, 2.45) is 5.11 Å². The smallest absolute Gasteiger partial charge is 0.337 e. The van der Waals surface area contributed by atoms with Crippen LogP contribution in [0.15, 0.2) is 27.8 Å². The fraction of sp³-hybridized carbons (Fsp3) is 0.222. The quantitative estimate of drug-likeness (QED) is 0.366. The molecule has 1 rings (SSSR count). The van der Waals surface area contributed by atoms with Gasteiger partial charge >= 0.3 is 5.97 Å². The van der Waals surface area contributed by atoms with Gasteiger partial charge in [-0.1, -0.05) is 21.0 Å². The Balaban J connectivity index is 3.04. The average molecular weight is 270 g/mol. The van der Waals surface area contributed by atoms with Crippen molar-refractivity contribution in [3.05, 3.63) is 44.2 Å². The van der Waals surface area contributed by atoms with Crippen LogP contribution >= 0.6 is 15.9 Å². The maximum atomic E-state index is 11.2. The minimum atomic E-state index is -0.418. The van der Waals surface area contributed by atoms with E-state index in [0.717, 1.165) is 10.0 Å². The van der Waals surface area contributed by atoms with Crippen molar-refractivity contribution in [1.82, 2.24) is 0 Å². The molecule has 0 saturated carbocycles. The van der Waals surface area contributed by atoms with Gasteiger partial charge in [-0.3, -0.25) is 0 Å². The highest BCUT2D eigenvalue weighted by Crippen LogP contribution is 2.17. The van der Waals surface area contributed by atoms with Crippen LogP contribution in [0.25, 0.3) is 10.4 Å². The number of ether oxygens (including phenoxy) is 1. The van der Waals surface area contributed by atoms with E-state index in [2.05, 4.69) is 30.7 Å². The zero-order chi connectivity index (χ0) is 11.3. The number of methoxy groups -OCH3 is 1. The first-order valence-electron chi connectivity index (χ1n) is 4.06. The summed E-state index contributed by atoms with van der Waals surface area (Å²) in [5, 5.41) is 3.42. The molecule has 0 spiro atoms. The number of benzene rings is 1. The second-order valence-corrected chi connectivity index (χ2v) is 3.64. The van der Waals surface area contributed by atoms with Crippen LogP contribution in [0.2, 0.25) is 0 Å². The van der Waals surface area contributed by atoms with Crippen molar-refractivity contribution in [2.45, 2.75) is 6.54 Å². The van der Waals surface area contributed by atoms with Crippen molar-refractivity contribution >= 4 is 21.9 Å². The van der Waals surface area contributed by atoms with E-state index < -0.39 is 5.97 Å². The lowest BCUT2D eigenvalue weighted by molar-refractivity contribution is 0.0600. The Bertz CT molecular complexity index is 427. The molecule has 1 aromatic rings. The molecule has 78 valence electrons. The normalized spacial score (nSPS) is 9.20. The Labute approximate surface area is 94.8 Å². The minimum absolute atomic E-state index is 0.208. The molecular weight excluding hydrogens is 262 g/mol. The number of hydrogen-bond acceptors (Lipinski definition) is 3. The van der Waals surface area contributed by atoms with E-state index in [4.69, 9.17) is 5.53 Å². The zero-order valence-electron chi connectivity index (χ0n) is 7.98. The minimum Gasteiger partial charge on any atom is -0.465 e. The number of azide groups is 1. The summed E-state index contributed by atoms with van der Waals surface area (Å²) >= 11 is 3.26. The highest BCUT2D eigenvalue weighted by atomic mass is 79.9. The molecule has 0 aliphatic rings. The van der Waals surface area contributed by atoms with Gasteiger partial charge in [0.1, 0.15) is 0 Å². The van der Waals surface area contributed by atoms with Gasteiger partial charge in [0.05, 0.1) is 19.2 Å². The fourth-order valence-corrected chi connectivity index (χ4v) is 1.63. The van der Waals surface area contributed by atoms with Crippen LogP contribution in [0.3, 0.4) is 0 Å². The number of nitrogens with zero attached hydrogens (tertiary/aromatic N) is 3. The number of esters is 1. The Kier molecular flexibility index (Phi) is 4.15. The molecule has 1 aromatic carbocycles. The first kappa shape index (κ1) is 11.6. The molecule has 0 aliphatic heterocycles. The summed E-state index contributed by atoms with van der Waals surface area (Å²) < 4.78 is 5.33. The summed E-state index contributed by atoms with van der Waals surface area (Å²) in [5.41, 5.74) is 9.35. The van der Waals surface area contributed by atoms with Gasteiger partial charge in [0.2, 0.25) is 0 Å². The van der Waals surface area contributed by atoms with Crippen LogP contribution in [-0.4, -0.2) is 13.1 Å². The van der Waals surface area contributed by atoms with Gasteiger partial charge in [-0.15, -0.1) is 0 Å². The standard InChI is InChI=1S/C9H8BrN3O2/c1-15-9(14)7-2-6(5-12-13-11)3-8(10)4-7/h2-4H,5H2,1H3. The second-order valence-electron chi connectivity index (χ2n) is 2.73. The van der Waals surface area contributed by atoms with Crippen LogP contribution in [0.5, 0.6) is 0 Å². The largest absolute Gasteiger partial charge is 0.465 e. The summed E-state index contributed by atoms with van der Waals surface area (Å²) in [6.07, 6.45) is 0. The molecule has 0 atom stereocenters. The average Bonchev–Trinajstić information content (AvgIpc) is 2.24. The molecule has 0 saturated heterocycles. The summed E-state index contributed by atoms with van der Waals surface area (Å²) in [7, 11) is 1.32. The topological polar surface area (TPSA) is 75.1 Å². The van der Waals surface area contributed by atoms with E-state index in [9.17, 15) is 4.79 Å². The molecule has 15 heavy (non-hydrogen) atoms. The van der Waals surface area contributed by atoms with Crippen LogP contribution in [0.4, 0.5) is 0 Å². The zero-order valence-corrected chi connectivity index (χ0v) is 9.56. The molecule has 0 unspecified atom stereocenters. The Morgan fingerprint density at radius 3 is 2.93 bits per heavy atom. The van der Waals surface area contributed by atoms with Crippen molar-refractivity contribution in [2.75, 3.05) is 7.11 Å². The summed E-state index contributed by atoms with van der Waals surface area (Å²) in [4.78, 5) is 13.9. The maximum absolute atomic E-state index is 11.2. The molecule has 0 aromatic heterocycles. The molecule has 0 radical (unpaired) electrons. The first-order chi connectivity index (χ1) is 7.17. The molecule has 0 amide bonds. The van der Waals surface area contributed by atoms with E-state index in [1.54, 1.807) is 18.2 Å². The lowest BCUT2D eigenvalue weighted by Crippen LogP contribution is -2.01. The number of rotatable bonds is 3. The van der Waals surface area contributed by atoms with Crippen LogP contribution < -0.4 is 0 Å². The van der Waals surface area contributed by atoms with E-state index in [-0.39, 0.29) is 6.54 Å².